The van der Waals surface area contributed by atoms with E-state index in [-0.39, 0.29) is 11.0 Å². The van der Waals surface area contributed by atoms with E-state index in [4.69, 9.17) is 17.3 Å². The summed E-state index contributed by atoms with van der Waals surface area (Å²) in [5.41, 5.74) is 8.33. The normalized spacial score (nSPS) is 11.6. The molecule has 0 aliphatic heterocycles. The van der Waals surface area contributed by atoms with Crippen LogP contribution in [0.25, 0.3) is 0 Å². The zero-order chi connectivity index (χ0) is 19.3. The van der Waals surface area contributed by atoms with E-state index in [0.717, 1.165) is 11.3 Å². The number of rotatable bonds is 4. The molecule has 0 heterocycles. The molecule has 0 saturated heterocycles. The lowest BCUT2D eigenvalue weighted by atomic mass is 9.86. The zero-order valence-electron chi connectivity index (χ0n) is 14.9. The number of carbonyl (C=O) groups is 1. The standard InChI is InChI=1S/C20H21ClN4O/c1-20(2,3)15-6-4-5-7-18(15)24-12-13(11-22)19(26)25-14-8-9-17(23)16(21)10-14/h4-10,12,24H,23H2,1-3H3,(H,25,26)/b13-12-. The second-order valence-corrected chi connectivity index (χ2v) is 7.21. The Morgan fingerprint density at radius 2 is 1.92 bits per heavy atom. The lowest BCUT2D eigenvalue weighted by molar-refractivity contribution is -0.112. The van der Waals surface area contributed by atoms with Crippen LogP contribution in [0, 0.1) is 11.3 Å². The van der Waals surface area contributed by atoms with Crippen LogP contribution in [0.3, 0.4) is 0 Å². The maximum Gasteiger partial charge on any atom is 0.267 e. The Kier molecular flexibility index (Phi) is 5.91. The molecule has 0 aromatic heterocycles. The number of nitrogens with two attached hydrogens (primary N) is 1. The molecule has 0 aliphatic carbocycles. The third-order valence-electron chi connectivity index (χ3n) is 3.73. The molecular weight excluding hydrogens is 348 g/mol. The van der Waals surface area contributed by atoms with Crippen molar-refractivity contribution in [3.05, 3.63) is 64.8 Å². The SMILES string of the molecule is CC(C)(C)c1ccccc1N/C=C(/C#N)C(=O)Nc1ccc(N)c(Cl)c1. The first-order valence-corrected chi connectivity index (χ1v) is 8.43. The number of nitrogen functional groups attached to an aromatic ring is 1. The van der Waals surface area contributed by atoms with Gasteiger partial charge < -0.3 is 16.4 Å². The van der Waals surface area contributed by atoms with Crippen LogP contribution < -0.4 is 16.4 Å². The number of amides is 1. The molecular formula is C20H21ClN4O. The molecule has 0 fully saturated rings. The molecule has 2 aromatic rings. The number of anilines is 3. The van der Waals surface area contributed by atoms with Gasteiger partial charge in [-0.2, -0.15) is 5.26 Å². The molecule has 134 valence electrons. The third kappa shape index (κ3) is 4.78. The van der Waals surface area contributed by atoms with E-state index in [0.29, 0.717) is 16.4 Å². The van der Waals surface area contributed by atoms with Gasteiger partial charge in [0.05, 0.1) is 10.7 Å². The highest BCUT2D eigenvalue weighted by atomic mass is 35.5. The van der Waals surface area contributed by atoms with Gasteiger partial charge in [-0.15, -0.1) is 0 Å². The van der Waals surface area contributed by atoms with Crippen molar-refractivity contribution in [1.82, 2.24) is 0 Å². The Hall–Kier alpha value is -2.97. The van der Waals surface area contributed by atoms with E-state index in [2.05, 4.69) is 31.4 Å². The average molecular weight is 369 g/mol. The van der Waals surface area contributed by atoms with Crippen LogP contribution in [0.5, 0.6) is 0 Å². The zero-order valence-corrected chi connectivity index (χ0v) is 15.7. The van der Waals surface area contributed by atoms with Crippen molar-refractivity contribution in [3.8, 4) is 6.07 Å². The predicted octanol–water partition coefficient (Wildman–Crippen LogP) is 4.68. The molecule has 2 aromatic carbocycles. The molecule has 0 bridgehead atoms. The van der Waals surface area contributed by atoms with Gasteiger partial charge in [0.1, 0.15) is 11.6 Å². The Balaban J connectivity index is 2.19. The van der Waals surface area contributed by atoms with E-state index in [9.17, 15) is 10.1 Å². The van der Waals surface area contributed by atoms with Crippen LogP contribution in [0.15, 0.2) is 54.2 Å². The first-order chi connectivity index (χ1) is 12.2. The van der Waals surface area contributed by atoms with Gasteiger partial charge in [0.2, 0.25) is 0 Å². The summed E-state index contributed by atoms with van der Waals surface area (Å²) in [6.45, 7) is 6.29. The molecule has 0 radical (unpaired) electrons. The smallest absolute Gasteiger partial charge is 0.267 e. The minimum atomic E-state index is -0.533. The summed E-state index contributed by atoms with van der Waals surface area (Å²) in [5.74, 6) is -0.533. The summed E-state index contributed by atoms with van der Waals surface area (Å²) in [6.07, 6.45) is 1.40. The second-order valence-electron chi connectivity index (χ2n) is 6.80. The fourth-order valence-corrected chi connectivity index (χ4v) is 2.55. The minimum absolute atomic E-state index is 0.0540. The number of nitrogens with zero attached hydrogens (tertiary/aromatic N) is 1. The van der Waals surface area contributed by atoms with Crippen molar-refractivity contribution in [1.29, 1.82) is 5.26 Å². The number of benzene rings is 2. The molecule has 0 saturated carbocycles. The van der Waals surface area contributed by atoms with Gasteiger partial charge in [-0.1, -0.05) is 50.6 Å². The van der Waals surface area contributed by atoms with E-state index >= 15 is 0 Å². The van der Waals surface area contributed by atoms with Gasteiger partial charge in [0.15, 0.2) is 0 Å². The molecule has 0 aliphatic rings. The number of halogens is 1. The van der Waals surface area contributed by atoms with Crippen molar-refractivity contribution >= 4 is 34.6 Å². The number of nitriles is 1. The van der Waals surface area contributed by atoms with E-state index in [1.807, 2.05) is 30.3 Å². The fraction of sp³-hybridized carbons (Fsp3) is 0.200. The van der Waals surface area contributed by atoms with Crippen molar-refractivity contribution in [2.45, 2.75) is 26.2 Å². The summed E-state index contributed by atoms with van der Waals surface area (Å²) >= 11 is 5.94. The lowest BCUT2D eigenvalue weighted by Crippen LogP contribution is -2.16. The van der Waals surface area contributed by atoms with E-state index < -0.39 is 5.91 Å². The Morgan fingerprint density at radius 1 is 1.23 bits per heavy atom. The predicted molar refractivity (Wildman–Crippen MR) is 107 cm³/mol. The van der Waals surface area contributed by atoms with Gasteiger partial charge in [-0.25, -0.2) is 0 Å². The summed E-state index contributed by atoms with van der Waals surface area (Å²) in [5, 5.41) is 15.3. The molecule has 2 rings (SSSR count). The first-order valence-electron chi connectivity index (χ1n) is 8.05. The van der Waals surface area contributed by atoms with Crippen molar-refractivity contribution in [3.63, 3.8) is 0 Å². The number of hydrogen-bond acceptors (Lipinski definition) is 4. The minimum Gasteiger partial charge on any atom is -0.398 e. The number of nitrogens with one attached hydrogen (secondary N) is 2. The number of para-hydroxylation sites is 1. The number of carbonyl (C=O) groups excluding carboxylic acids is 1. The average Bonchev–Trinajstić information content (AvgIpc) is 2.58. The molecule has 4 N–H and O–H groups in total. The van der Waals surface area contributed by atoms with Crippen LogP contribution in [0.1, 0.15) is 26.3 Å². The van der Waals surface area contributed by atoms with Crippen LogP contribution in [-0.2, 0) is 10.2 Å². The summed E-state index contributed by atoms with van der Waals surface area (Å²) in [7, 11) is 0. The monoisotopic (exact) mass is 368 g/mol. The molecule has 26 heavy (non-hydrogen) atoms. The number of hydrogen-bond donors (Lipinski definition) is 3. The summed E-state index contributed by atoms with van der Waals surface area (Å²) < 4.78 is 0. The highest BCUT2D eigenvalue weighted by Crippen LogP contribution is 2.29. The highest BCUT2D eigenvalue weighted by molar-refractivity contribution is 6.33. The quantitative estimate of drug-likeness (QED) is 0.415. The maximum atomic E-state index is 12.3. The highest BCUT2D eigenvalue weighted by Gasteiger charge is 2.17. The van der Waals surface area contributed by atoms with Gasteiger partial charge in [-0.05, 0) is 35.2 Å². The summed E-state index contributed by atoms with van der Waals surface area (Å²) in [4.78, 5) is 12.3. The molecule has 0 unspecified atom stereocenters. The molecule has 5 nitrogen and oxygen atoms in total. The molecule has 0 spiro atoms. The molecule has 0 atom stereocenters. The van der Waals surface area contributed by atoms with Crippen LogP contribution in [0.2, 0.25) is 5.02 Å². The van der Waals surface area contributed by atoms with Gasteiger partial charge in [0, 0.05) is 17.6 Å². The maximum absolute atomic E-state index is 12.3. The Labute approximate surface area is 158 Å². The topological polar surface area (TPSA) is 90.9 Å². The summed E-state index contributed by atoms with van der Waals surface area (Å²) in [6, 6.07) is 14.4. The van der Waals surface area contributed by atoms with Crippen LogP contribution in [-0.4, -0.2) is 5.91 Å². The van der Waals surface area contributed by atoms with Crippen LogP contribution in [0.4, 0.5) is 17.1 Å². The lowest BCUT2D eigenvalue weighted by Gasteiger charge is -2.22. The Morgan fingerprint density at radius 3 is 2.54 bits per heavy atom. The first kappa shape index (κ1) is 19.4. The fourth-order valence-electron chi connectivity index (χ4n) is 2.36. The van der Waals surface area contributed by atoms with Crippen molar-refractivity contribution in [2.24, 2.45) is 0 Å². The Bertz CT molecular complexity index is 891. The van der Waals surface area contributed by atoms with Crippen molar-refractivity contribution < 1.29 is 4.79 Å². The van der Waals surface area contributed by atoms with Crippen molar-refractivity contribution in [2.75, 3.05) is 16.4 Å². The van der Waals surface area contributed by atoms with Crippen LogP contribution >= 0.6 is 11.6 Å². The van der Waals surface area contributed by atoms with Gasteiger partial charge in [-0.3, -0.25) is 4.79 Å². The second kappa shape index (κ2) is 7.94. The van der Waals surface area contributed by atoms with E-state index in [1.165, 1.54) is 12.3 Å². The third-order valence-corrected chi connectivity index (χ3v) is 4.06. The van der Waals surface area contributed by atoms with Gasteiger partial charge in [0.25, 0.3) is 5.91 Å². The molecule has 1 amide bonds. The van der Waals surface area contributed by atoms with E-state index in [1.54, 1.807) is 12.1 Å². The largest absolute Gasteiger partial charge is 0.398 e. The molecule has 6 heteroatoms. The van der Waals surface area contributed by atoms with Gasteiger partial charge >= 0.3 is 0 Å².